The van der Waals surface area contributed by atoms with Gasteiger partial charge in [0.05, 0.1) is 24.9 Å². The predicted octanol–water partition coefficient (Wildman–Crippen LogP) is 5.47. The van der Waals surface area contributed by atoms with Crippen molar-refractivity contribution in [2.45, 2.75) is 125 Å². The minimum absolute atomic E-state index is 0.0217. The quantitative estimate of drug-likeness (QED) is 0.397. The topological polar surface area (TPSA) is 80.9 Å². The normalized spacial score (nSPS) is 53.9. The predicted molar refractivity (Wildman–Crippen MR) is 137 cm³/mol. The zero-order valence-corrected chi connectivity index (χ0v) is 22.9. The van der Waals surface area contributed by atoms with Gasteiger partial charge in [-0.25, -0.2) is 0 Å². The molecule has 0 spiro atoms. The largest absolute Gasteiger partial charge is 0.396 e. The zero-order chi connectivity index (χ0) is 25.3. The molecule has 0 radical (unpaired) electrons. The van der Waals surface area contributed by atoms with E-state index in [4.69, 9.17) is 0 Å². The van der Waals surface area contributed by atoms with E-state index in [1.807, 2.05) is 13.8 Å². The molecular formula is C30H52O4. The Morgan fingerprint density at radius 3 is 2.29 bits per heavy atom. The molecule has 11 atom stereocenters. The van der Waals surface area contributed by atoms with Crippen molar-refractivity contribution < 1.29 is 20.4 Å². The third-order valence-electron chi connectivity index (χ3n) is 12.5. The van der Waals surface area contributed by atoms with E-state index >= 15 is 0 Å². The first-order valence-electron chi connectivity index (χ1n) is 14.1. The molecule has 4 heteroatoms. The molecule has 11 unspecified atom stereocenters. The third kappa shape index (κ3) is 3.37. The first-order valence-corrected chi connectivity index (χ1v) is 14.1. The number of rotatable bonds is 5. The highest BCUT2D eigenvalue weighted by Gasteiger charge is 2.69. The summed E-state index contributed by atoms with van der Waals surface area (Å²) in [5, 5.41) is 43.4. The summed E-state index contributed by atoms with van der Waals surface area (Å²) in [6.45, 7) is 15.9. The maximum absolute atomic E-state index is 11.1. The Kier molecular flexibility index (Phi) is 6.71. The van der Waals surface area contributed by atoms with E-state index in [9.17, 15) is 20.4 Å². The molecule has 4 aliphatic rings. The number of aliphatic hydroxyl groups excluding tert-OH is 4. The Bertz CT molecular complexity index is 808. The van der Waals surface area contributed by atoms with Crippen molar-refractivity contribution in [3.63, 3.8) is 0 Å². The number of hydrogen-bond donors (Lipinski definition) is 4. The van der Waals surface area contributed by atoms with Gasteiger partial charge in [-0.15, -0.1) is 0 Å². The van der Waals surface area contributed by atoms with Crippen LogP contribution >= 0.6 is 0 Å². The van der Waals surface area contributed by atoms with Crippen LogP contribution in [0.25, 0.3) is 0 Å². The fraction of sp³-hybridized carbons (Fsp3) is 0.933. The number of allylic oxidation sites excluding steroid dienone is 1. The molecule has 0 saturated heterocycles. The summed E-state index contributed by atoms with van der Waals surface area (Å²) in [6.07, 6.45) is 9.94. The third-order valence-corrected chi connectivity index (χ3v) is 12.5. The van der Waals surface area contributed by atoms with E-state index in [0.717, 1.165) is 32.1 Å². The molecular weight excluding hydrogens is 424 g/mol. The molecule has 0 amide bonds. The summed E-state index contributed by atoms with van der Waals surface area (Å²) >= 11 is 0. The van der Waals surface area contributed by atoms with Crippen molar-refractivity contribution in [1.29, 1.82) is 0 Å². The van der Waals surface area contributed by atoms with Crippen molar-refractivity contribution in [1.82, 2.24) is 0 Å². The molecule has 196 valence electrons. The van der Waals surface area contributed by atoms with Gasteiger partial charge >= 0.3 is 0 Å². The second-order valence-corrected chi connectivity index (χ2v) is 14.2. The smallest absolute Gasteiger partial charge is 0.0877 e. The maximum Gasteiger partial charge on any atom is 0.0877 e. The van der Waals surface area contributed by atoms with Crippen LogP contribution in [0.3, 0.4) is 0 Å². The van der Waals surface area contributed by atoms with E-state index in [0.29, 0.717) is 12.3 Å². The lowest BCUT2D eigenvalue weighted by atomic mass is 9.34. The van der Waals surface area contributed by atoms with Crippen molar-refractivity contribution >= 4 is 0 Å². The minimum Gasteiger partial charge on any atom is -0.396 e. The van der Waals surface area contributed by atoms with Crippen molar-refractivity contribution in [3.8, 4) is 0 Å². The van der Waals surface area contributed by atoms with E-state index in [1.54, 1.807) is 0 Å². The average Bonchev–Trinajstić information content (AvgIpc) is 2.77. The van der Waals surface area contributed by atoms with Crippen LogP contribution < -0.4 is 0 Å². The molecule has 0 bridgehead atoms. The lowest BCUT2D eigenvalue weighted by Gasteiger charge is -2.71. The van der Waals surface area contributed by atoms with Crippen molar-refractivity contribution in [3.05, 3.63) is 11.6 Å². The van der Waals surface area contributed by atoms with Crippen LogP contribution in [0.5, 0.6) is 0 Å². The molecule has 34 heavy (non-hydrogen) atoms. The highest BCUT2D eigenvalue weighted by Crippen LogP contribution is 2.74. The Morgan fingerprint density at radius 2 is 1.71 bits per heavy atom. The molecule has 3 saturated carbocycles. The Labute approximate surface area is 208 Å². The standard InChI is InChI=1S/C30H52O4/c1-8-9-13-26(3)15-16-29(6)20(24(26)19(2)32)10-11-23-27(4)17-21(33)25(34)28(5,18-31)22(27)12-14-30(23,29)7/h10,19,21-25,31-34H,8-9,11-18H2,1-7H3. The van der Waals surface area contributed by atoms with Gasteiger partial charge < -0.3 is 20.4 Å². The van der Waals surface area contributed by atoms with E-state index in [-0.39, 0.29) is 46.2 Å². The van der Waals surface area contributed by atoms with Crippen LogP contribution in [0.2, 0.25) is 0 Å². The number of unbranched alkanes of at least 4 members (excludes halogenated alkanes) is 1. The highest BCUT2D eigenvalue weighted by molar-refractivity contribution is 5.33. The first-order chi connectivity index (χ1) is 15.7. The van der Waals surface area contributed by atoms with E-state index in [2.05, 4.69) is 40.7 Å². The Balaban J connectivity index is 1.79. The van der Waals surface area contributed by atoms with E-state index in [1.165, 1.54) is 24.8 Å². The van der Waals surface area contributed by atoms with Gasteiger partial charge in [0.15, 0.2) is 0 Å². The summed E-state index contributed by atoms with van der Waals surface area (Å²) < 4.78 is 0. The van der Waals surface area contributed by atoms with Gasteiger partial charge in [0, 0.05) is 11.3 Å². The molecule has 4 N–H and O–H groups in total. The fourth-order valence-electron chi connectivity index (χ4n) is 10.4. The molecule has 0 heterocycles. The lowest BCUT2D eigenvalue weighted by Crippen LogP contribution is -2.68. The molecule has 0 aromatic heterocycles. The number of hydrogen-bond acceptors (Lipinski definition) is 4. The van der Waals surface area contributed by atoms with Crippen LogP contribution in [0.1, 0.15) is 106 Å². The molecule has 4 aliphatic carbocycles. The fourth-order valence-corrected chi connectivity index (χ4v) is 10.4. The number of fused-ring (bicyclic) bond motifs is 5. The lowest BCUT2D eigenvalue weighted by molar-refractivity contribution is -0.243. The molecule has 4 rings (SSSR count). The minimum atomic E-state index is -0.876. The van der Waals surface area contributed by atoms with Crippen LogP contribution in [0.4, 0.5) is 0 Å². The van der Waals surface area contributed by atoms with Crippen LogP contribution in [0.15, 0.2) is 11.6 Å². The average molecular weight is 477 g/mol. The Morgan fingerprint density at radius 1 is 1.03 bits per heavy atom. The van der Waals surface area contributed by atoms with Crippen molar-refractivity contribution in [2.24, 2.45) is 44.8 Å². The second-order valence-electron chi connectivity index (χ2n) is 14.2. The van der Waals surface area contributed by atoms with Gasteiger partial charge in [-0.3, -0.25) is 0 Å². The monoisotopic (exact) mass is 476 g/mol. The SMILES string of the molecule is CCCCC1(C)CCC2(C)C(=CCC3C4(C)CC(O)C(O)C(C)(CO)C4CCC32C)C1C(C)O. The van der Waals surface area contributed by atoms with Crippen molar-refractivity contribution in [2.75, 3.05) is 6.61 Å². The van der Waals surface area contributed by atoms with Crippen LogP contribution in [-0.4, -0.2) is 45.3 Å². The van der Waals surface area contributed by atoms with E-state index < -0.39 is 17.6 Å². The molecule has 4 nitrogen and oxygen atoms in total. The molecule has 0 aromatic rings. The van der Waals surface area contributed by atoms with Gasteiger partial charge in [-0.1, -0.05) is 66.0 Å². The number of aliphatic hydroxyl groups is 4. The summed E-state index contributed by atoms with van der Waals surface area (Å²) in [5.41, 5.74) is 0.909. The molecule has 0 aliphatic heterocycles. The van der Waals surface area contributed by atoms with Gasteiger partial charge in [0.2, 0.25) is 0 Å². The summed E-state index contributed by atoms with van der Waals surface area (Å²) in [5.74, 6) is 0.767. The first kappa shape index (κ1) is 26.6. The summed E-state index contributed by atoms with van der Waals surface area (Å²) in [7, 11) is 0. The van der Waals surface area contributed by atoms with Gasteiger partial charge in [-0.05, 0) is 85.4 Å². The summed E-state index contributed by atoms with van der Waals surface area (Å²) in [4.78, 5) is 0. The van der Waals surface area contributed by atoms with Gasteiger partial charge in [0.25, 0.3) is 0 Å². The van der Waals surface area contributed by atoms with Gasteiger partial charge in [0.1, 0.15) is 0 Å². The van der Waals surface area contributed by atoms with Gasteiger partial charge in [-0.2, -0.15) is 0 Å². The molecule has 0 aromatic carbocycles. The second kappa shape index (κ2) is 8.57. The van der Waals surface area contributed by atoms with Crippen LogP contribution in [-0.2, 0) is 0 Å². The molecule has 3 fully saturated rings. The Hall–Kier alpha value is -0.420. The maximum atomic E-state index is 11.1. The highest BCUT2D eigenvalue weighted by atomic mass is 16.3. The van der Waals surface area contributed by atoms with Crippen LogP contribution in [0, 0.1) is 44.8 Å². The summed E-state index contributed by atoms with van der Waals surface area (Å²) in [6, 6.07) is 0. The zero-order valence-electron chi connectivity index (χ0n) is 22.9.